The average molecular weight is 567 g/mol. The molecule has 0 saturated carbocycles. The largest absolute Gasteiger partial charge is 0.452 e. The Morgan fingerprint density at radius 2 is 2.09 bits per heavy atom. The number of methoxy groups -OCH3 is 1. The number of hydrogen-bond donors (Lipinski definition) is 2. The molecule has 1 atom stereocenters. The Morgan fingerprint density at radius 3 is 2.66 bits per heavy atom. The molecule has 0 radical (unpaired) electrons. The number of hydrogen-bond acceptors (Lipinski definition) is 7. The number of hydrazone groups is 1. The van der Waals surface area contributed by atoms with Gasteiger partial charge in [-0.1, -0.05) is 32.4 Å². The number of allylic oxidation sites excluding steroid dienone is 2. The number of rotatable bonds is 5. The lowest BCUT2D eigenvalue weighted by atomic mass is 9.88. The third-order valence-electron chi connectivity index (χ3n) is 4.80. The van der Waals surface area contributed by atoms with Crippen molar-refractivity contribution in [2.75, 3.05) is 19.2 Å². The van der Waals surface area contributed by atoms with Gasteiger partial charge in [-0.05, 0) is 40.6 Å². The van der Waals surface area contributed by atoms with Crippen LogP contribution in [-0.2, 0) is 9.53 Å². The second kappa shape index (κ2) is 12.3. The molecule has 4 amide bonds. The van der Waals surface area contributed by atoms with Gasteiger partial charge in [0.2, 0.25) is 0 Å². The summed E-state index contributed by atoms with van der Waals surface area (Å²) in [5, 5.41) is 18.6. The van der Waals surface area contributed by atoms with E-state index in [1.165, 1.54) is 19.3 Å². The van der Waals surface area contributed by atoms with Gasteiger partial charge in [-0.15, -0.1) is 0 Å². The van der Waals surface area contributed by atoms with E-state index in [4.69, 9.17) is 11.6 Å². The molecule has 1 aromatic rings. The van der Waals surface area contributed by atoms with Gasteiger partial charge in [-0.3, -0.25) is 9.80 Å². The summed E-state index contributed by atoms with van der Waals surface area (Å²) >= 11 is 9.64. The van der Waals surface area contributed by atoms with E-state index in [0.29, 0.717) is 16.6 Å². The second-order valence-corrected chi connectivity index (χ2v) is 9.03. The van der Waals surface area contributed by atoms with Crippen LogP contribution in [0.25, 0.3) is 0 Å². The number of carbonyl (C=O) groups is 3. The number of nitriles is 1. The molecule has 0 aromatic carbocycles. The fraction of sp³-hybridized carbons (Fsp3) is 0.364. The topological polar surface area (TPSA) is 140 Å². The number of nitrogens with one attached hydrogen (secondary N) is 2. The Morgan fingerprint density at radius 1 is 1.40 bits per heavy atom. The first-order valence-corrected chi connectivity index (χ1v) is 11.6. The van der Waals surface area contributed by atoms with Crippen LogP contribution >= 0.6 is 27.5 Å². The highest BCUT2D eigenvalue weighted by atomic mass is 79.9. The fourth-order valence-electron chi connectivity index (χ4n) is 2.97. The smallest absolute Gasteiger partial charge is 0.425 e. The molecule has 1 aliphatic rings. The van der Waals surface area contributed by atoms with Crippen molar-refractivity contribution in [3.8, 4) is 6.07 Å². The van der Waals surface area contributed by atoms with E-state index < -0.39 is 23.9 Å². The number of amides is 4. The monoisotopic (exact) mass is 565 g/mol. The van der Waals surface area contributed by atoms with Gasteiger partial charge in [0, 0.05) is 36.4 Å². The van der Waals surface area contributed by atoms with Gasteiger partial charge in [0.25, 0.3) is 5.91 Å². The number of urea groups is 1. The molecule has 1 aromatic heterocycles. The van der Waals surface area contributed by atoms with Gasteiger partial charge in [0.15, 0.2) is 5.82 Å². The van der Waals surface area contributed by atoms with Crippen molar-refractivity contribution >= 4 is 56.0 Å². The molecule has 0 aliphatic heterocycles. The van der Waals surface area contributed by atoms with Gasteiger partial charge in [-0.2, -0.15) is 15.4 Å². The SMILES string of the molecule is COC(=O)NN(C)C(=O)C1=C(NC(=O)N(/N=C(/Br)C(C)C)c2ncccc2Cl)C(C)CC(C#N)=C1. The van der Waals surface area contributed by atoms with E-state index in [1.54, 1.807) is 19.1 Å². The molecule has 11 nitrogen and oxygen atoms in total. The van der Waals surface area contributed by atoms with Crippen LogP contribution in [0.3, 0.4) is 0 Å². The van der Waals surface area contributed by atoms with Crippen LogP contribution < -0.4 is 15.8 Å². The van der Waals surface area contributed by atoms with Crippen LogP contribution in [0.5, 0.6) is 0 Å². The number of likely N-dealkylation sites (N-methyl/N-ethyl adjacent to an activating group) is 1. The van der Waals surface area contributed by atoms with E-state index in [-0.39, 0.29) is 28.0 Å². The minimum Gasteiger partial charge on any atom is -0.452 e. The molecule has 1 heterocycles. The summed E-state index contributed by atoms with van der Waals surface area (Å²) in [6, 6.07) is 4.50. The Labute approximate surface area is 216 Å². The highest BCUT2D eigenvalue weighted by Crippen LogP contribution is 2.30. The van der Waals surface area contributed by atoms with E-state index in [0.717, 1.165) is 17.1 Å². The zero-order valence-corrected chi connectivity index (χ0v) is 22.1. The maximum Gasteiger partial charge on any atom is 0.425 e. The summed E-state index contributed by atoms with van der Waals surface area (Å²) in [5.41, 5.74) is 2.84. The van der Waals surface area contributed by atoms with Gasteiger partial charge < -0.3 is 10.1 Å². The summed E-state index contributed by atoms with van der Waals surface area (Å²) in [4.78, 5) is 42.3. The number of aromatic nitrogens is 1. The van der Waals surface area contributed by atoms with Crippen molar-refractivity contribution in [1.29, 1.82) is 5.26 Å². The molecular formula is C22H25BrClN7O4. The highest BCUT2D eigenvalue weighted by molar-refractivity contribution is 9.18. The highest BCUT2D eigenvalue weighted by Gasteiger charge is 2.30. The second-order valence-electron chi connectivity index (χ2n) is 7.81. The van der Waals surface area contributed by atoms with Gasteiger partial charge in [0.1, 0.15) is 4.62 Å². The summed E-state index contributed by atoms with van der Waals surface area (Å²) in [7, 11) is 2.47. The third kappa shape index (κ3) is 7.03. The number of ether oxygens (including phenoxy) is 1. The summed E-state index contributed by atoms with van der Waals surface area (Å²) in [6.07, 6.45) is 2.27. The Kier molecular flexibility index (Phi) is 9.79. The average Bonchev–Trinajstić information content (AvgIpc) is 2.83. The molecule has 13 heteroatoms. The van der Waals surface area contributed by atoms with Crippen LogP contribution in [0.2, 0.25) is 5.02 Å². The van der Waals surface area contributed by atoms with Crippen molar-refractivity contribution in [2.45, 2.75) is 27.2 Å². The Hall–Kier alpha value is -3.43. The molecule has 2 rings (SSSR count). The van der Waals surface area contributed by atoms with E-state index >= 15 is 0 Å². The van der Waals surface area contributed by atoms with E-state index in [9.17, 15) is 19.6 Å². The maximum absolute atomic E-state index is 13.4. The predicted octanol–water partition coefficient (Wildman–Crippen LogP) is 4.09. The van der Waals surface area contributed by atoms with E-state index in [1.807, 2.05) is 19.9 Å². The Balaban J connectivity index is 2.54. The Bertz CT molecular complexity index is 1140. The molecular weight excluding hydrogens is 542 g/mol. The lowest BCUT2D eigenvalue weighted by Gasteiger charge is -2.28. The molecule has 0 saturated heterocycles. The molecule has 1 unspecified atom stereocenters. The van der Waals surface area contributed by atoms with Crippen LogP contribution in [0.1, 0.15) is 27.2 Å². The van der Waals surface area contributed by atoms with Crippen molar-refractivity contribution in [2.24, 2.45) is 16.9 Å². The van der Waals surface area contributed by atoms with Gasteiger partial charge in [-0.25, -0.2) is 20.0 Å². The molecule has 35 heavy (non-hydrogen) atoms. The summed E-state index contributed by atoms with van der Waals surface area (Å²) in [5.74, 6) is -1.04. The van der Waals surface area contributed by atoms with Crippen molar-refractivity contribution in [3.05, 3.63) is 46.3 Å². The number of halogens is 2. The first-order chi connectivity index (χ1) is 16.5. The molecule has 0 bridgehead atoms. The van der Waals surface area contributed by atoms with Crippen molar-refractivity contribution in [3.63, 3.8) is 0 Å². The summed E-state index contributed by atoms with van der Waals surface area (Å²) < 4.78 is 4.98. The minimum atomic E-state index is -0.857. The van der Waals surface area contributed by atoms with Crippen molar-refractivity contribution < 1.29 is 19.1 Å². The molecule has 0 spiro atoms. The summed E-state index contributed by atoms with van der Waals surface area (Å²) in [6.45, 7) is 5.52. The lowest BCUT2D eigenvalue weighted by Crippen LogP contribution is -2.46. The number of pyridine rings is 1. The fourth-order valence-corrected chi connectivity index (χ4v) is 3.33. The first kappa shape index (κ1) is 27.8. The van der Waals surface area contributed by atoms with Crippen LogP contribution in [0.4, 0.5) is 15.4 Å². The van der Waals surface area contributed by atoms with Gasteiger partial charge >= 0.3 is 12.1 Å². The van der Waals surface area contributed by atoms with Gasteiger partial charge in [0.05, 0.1) is 23.8 Å². The molecule has 186 valence electrons. The quantitative estimate of drug-likeness (QED) is 0.406. The minimum absolute atomic E-state index is 0.0199. The van der Waals surface area contributed by atoms with E-state index in [2.05, 4.69) is 41.5 Å². The normalized spacial score (nSPS) is 15.7. The number of nitrogens with zero attached hydrogens (tertiary/aromatic N) is 5. The molecule has 1 aliphatic carbocycles. The zero-order chi connectivity index (χ0) is 26.3. The lowest BCUT2D eigenvalue weighted by molar-refractivity contribution is -0.128. The van der Waals surface area contributed by atoms with Crippen LogP contribution in [-0.4, -0.2) is 46.8 Å². The maximum atomic E-state index is 13.4. The predicted molar refractivity (Wildman–Crippen MR) is 134 cm³/mol. The number of carbonyl (C=O) groups excluding carboxylic acids is 3. The first-order valence-electron chi connectivity index (χ1n) is 10.4. The number of hydrazine groups is 1. The molecule has 0 fully saturated rings. The zero-order valence-electron chi connectivity index (χ0n) is 19.8. The van der Waals surface area contributed by atoms with Crippen molar-refractivity contribution in [1.82, 2.24) is 20.7 Å². The van der Waals surface area contributed by atoms with Crippen LogP contribution in [0.15, 0.2) is 46.4 Å². The standard InChI is InChI=1S/C22H25BrClN7O4/c1-12(2)18(23)28-31(19-16(24)7-6-8-26-19)21(33)27-17-13(3)9-14(11-25)10-15(17)20(32)30(4)29-22(34)35-5/h6-8,10,12-13H,9H2,1-5H3,(H,27,33)(H,29,34)/b28-18+. The molecule has 2 N–H and O–H groups in total. The van der Waals surface area contributed by atoms with Crippen LogP contribution in [0, 0.1) is 23.2 Å². The number of anilines is 1. The third-order valence-corrected chi connectivity index (χ3v) is 6.17.